The maximum atomic E-state index is 9.11. The minimum atomic E-state index is 0.897. The van der Waals surface area contributed by atoms with Gasteiger partial charge in [0.1, 0.15) is 11.1 Å². The van der Waals surface area contributed by atoms with E-state index in [2.05, 4.69) is 18.3 Å². The molecule has 1 heterocycles. The van der Waals surface area contributed by atoms with Crippen LogP contribution in [0.5, 0.6) is 0 Å². The number of rotatable bonds is 2. The third-order valence-electron chi connectivity index (χ3n) is 2.62. The van der Waals surface area contributed by atoms with Crippen LogP contribution in [0, 0.1) is 11.3 Å². The largest absolute Gasteiger partial charge is 0.376 e. The molecule has 0 saturated carbocycles. The number of nitrogens with one attached hydrogen (secondary N) is 1. The SMILES string of the molecule is CCNc1sc2c(c1C#N)CCCC2. The fourth-order valence-electron chi connectivity index (χ4n) is 1.97. The van der Waals surface area contributed by atoms with Crippen molar-refractivity contribution in [2.45, 2.75) is 32.6 Å². The van der Waals surface area contributed by atoms with Gasteiger partial charge in [0, 0.05) is 11.4 Å². The quantitative estimate of drug-likeness (QED) is 0.807. The Morgan fingerprint density at radius 1 is 1.43 bits per heavy atom. The number of hydrogen-bond donors (Lipinski definition) is 1. The van der Waals surface area contributed by atoms with Crippen LogP contribution in [0.15, 0.2) is 0 Å². The predicted octanol–water partition coefficient (Wildman–Crippen LogP) is 2.93. The highest BCUT2D eigenvalue weighted by Gasteiger charge is 2.19. The summed E-state index contributed by atoms with van der Waals surface area (Å²) in [6.07, 6.45) is 4.79. The van der Waals surface area contributed by atoms with Crippen LogP contribution in [-0.2, 0) is 12.8 Å². The van der Waals surface area contributed by atoms with Crippen LogP contribution in [0.1, 0.15) is 35.8 Å². The van der Waals surface area contributed by atoms with Crippen LogP contribution >= 0.6 is 11.3 Å². The third-order valence-corrected chi connectivity index (χ3v) is 3.87. The molecular formula is C11H14N2S. The fraction of sp³-hybridized carbons (Fsp3) is 0.545. The summed E-state index contributed by atoms with van der Waals surface area (Å²) in [6.45, 7) is 2.97. The van der Waals surface area contributed by atoms with Crippen molar-refractivity contribution >= 4 is 16.3 Å². The average Bonchev–Trinajstić information content (AvgIpc) is 2.55. The Morgan fingerprint density at radius 2 is 2.21 bits per heavy atom. The van der Waals surface area contributed by atoms with Crippen LogP contribution in [0.25, 0.3) is 0 Å². The van der Waals surface area contributed by atoms with E-state index in [0.717, 1.165) is 23.5 Å². The molecule has 0 bridgehead atoms. The van der Waals surface area contributed by atoms with Gasteiger partial charge in [-0.05, 0) is 38.2 Å². The Morgan fingerprint density at radius 3 is 2.93 bits per heavy atom. The maximum absolute atomic E-state index is 9.11. The van der Waals surface area contributed by atoms with Gasteiger partial charge in [0.15, 0.2) is 0 Å². The van der Waals surface area contributed by atoms with Crippen molar-refractivity contribution < 1.29 is 0 Å². The first kappa shape index (κ1) is 9.54. The van der Waals surface area contributed by atoms with E-state index in [0.29, 0.717) is 0 Å². The monoisotopic (exact) mass is 206 g/mol. The van der Waals surface area contributed by atoms with Gasteiger partial charge < -0.3 is 5.32 Å². The molecule has 1 aliphatic carbocycles. The Balaban J connectivity index is 2.42. The van der Waals surface area contributed by atoms with E-state index in [1.807, 2.05) is 0 Å². The summed E-state index contributed by atoms with van der Waals surface area (Å²) in [7, 11) is 0. The third kappa shape index (κ3) is 1.51. The fourth-order valence-corrected chi connectivity index (χ4v) is 3.28. The average molecular weight is 206 g/mol. The van der Waals surface area contributed by atoms with E-state index in [9.17, 15) is 0 Å². The lowest BCUT2D eigenvalue weighted by atomic mass is 9.96. The Hall–Kier alpha value is -1.01. The van der Waals surface area contributed by atoms with Crippen LogP contribution in [0.2, 0.25) is 0 Å². The topological polar surface area (TPSA) is 35.8 Å². The number of nitrogens with zero attached hydrogens (tertiary/aromatic N) is 1. The van der Waals surface area contributed by atoms with Gasteiger partial charge in [0.2, 0.25) is 0 Å². The zero-order valence-corrected chi connectivity index (χ0v) is 9.21. The normalized spacial score (nSPS) is 14.6. The standard InChI is InChI=1S/C11H14N2S/c1-2-13-11-9(7-12)8-5-3-4-6-10(8)14-11/h13H,2-6H2,1H3. The second-order valence-corrected chi connectivity index (χ2v) is 4.66. The van der Waals surface area contributed by atoms with Crippen LogP contribution < -0.4 is 5.32 Å². The number of fused-ring (bicyclic) bond motifs is 1. The van der Waals surface area contributed by atoms with Crippen molar-refractivity contribution in [2.75, 3.05) is 11.9 Å². The van der Waals surface area contributed by atoms with E-state index in [4.69, 9.17) is 5.26 Å². The van der Waals surface area contributed by atoms with Crippen molar-refractivity contribution in [3.63, 3.8) is 0 Å². The highest BCUT2D eigenvalue weighted by atomic mass is 32.1. The maximum Gasteiger partial charge on any atom is 0.107 e. The molecular weight excluding hydrogens is 192 g/mol. The van der Waals surface area contributed by atoms with E-state index in [-0.39, 0.29) is 0 Å². The van der Waals surface area contributed by atoms with Gasteiger partial charge in [-0.2, -0.15) is 5.26 Å². The van der Waals surface area contributed by atoms with Crippen molar-refractivity contribution in [3.8, 4) is 6.07 Å². The Bertz CT molecular complexity index is 373. The molecule has 0 unspecified atom stereocenters. The first-order chi connectivity index (χ1) is 6.86. The van der Waals surface area contributed by atoms with Gasteiger partial charge in [0.05, 0.1) is 5.56 Å². The second kappa shape index (κ2) is 4.02. The van der Waals surface area contributed by atoms with Crippen molar-refractivity contribution in [2.24, 2.45) is 0 Å². The molecule has 0 amide bonds. The molecule has 3 heteroatoms. The highest BCUT2D eigenvalue weighted by Crippen LogP contribution is 2.37. The van der Waals surface area contributed by atoms with E-state index < -0.39 is 0 Å². The minimum absolute atomic E-state index is 0.897. The first-order valence-corrected chi connectivity index (χ1v) is 5.97. The Labute approximate surface area is 88.6 Å². The lowest BCUT2D eigenvalue weighted by molar-refractivity contribution is 0.696. The van der Waals surface area contributed by atoms with Gasteiger partial charge in [-0.25, -0.2) is 0 Å². The number of thiophene rings is 1. The molecule has 1 aliphatic rings. The van der Waals surface area contributed by atoms with Crippen molar-refractivity contribution in [1.29, 1.82) is 5.26 Å². The summed E-state index contributed by atoms with van der Waals surface area (Å²) in [6, 6.07) is 2.34. The highest BCUT2D eigenvalue weighted by molar-refractivity contribution is 7.16. The van der Waals surface area contributed by atoms with E-state index in [1.54, 1.807) is 11.3 Å². The minimum Gasteiger partial charge on any atom is -0.376 e. The molecule has 1 N–H and O–H groups in total. The molecule has 0 atom stereocenters. The van der Waals surface area contributed by atoms with Gasteiger partial charge >= 0.3 is 0 Å². The van der Waals surface area contributed by atoms with Crippen LogP contribution in [-0.4, -0.2) is 6.54 Å². The molecule has 74 valence electrons. The number of anilines is 1. The summed E-state index contributed by atoms with van der Waals surface area (Å²) in [5.41, 5.74) is 2.23. The molecule has 0 fully saturated rings. The molecule has 0 aromatic carbocycles. The smallest absolute Gasteiger partial charge is 0.107 e. The molecule has 0 aliphatic heterocycles. The molecule has 0 spiro atoms. The predicted molar refractivity (Wildman–Crippen MR) is 59.8 cm³/mol. The number of hydrogen-bond acceptors (Lipinski definition) is 3. The summed E-state index contributed by atoms with van der Waals surface area (Å²) >= 11 is 1.78. The van der Waals surface area contributed by atoms with Crippen molar-refractivity contribution in [1.82, 2.24) is 0 Å². The second-order valence-electron chi connectivity index (χ2n) is 3.56. The molecule has 14 heavy (non-hydrogen) atoms. The van der Waals surface area contributed by atoms with Crippen molar-refractivity contribution in [3.05, 3.63) is 16.0 Å². The van der Waals surface area contributed by atoms with E-state index >= 15 is 0 Å². The van der Waals surface area contributed by atoms with Gasteiger partial charge in [0.25, 0.3) is 0 Å². The zero-order valence-electron chi connectivity index (χ0n) is 8.39. The molecule has 0 saturated heterocycles. The summed E-state index contributed by atoms with van der Waals surface area (Å²) in [5, 5.41) is 13.5. The van der Waals surface area contributed by atoms with Gasteiger partial charge in [-0.3, -0.25) is 0 Å². The molecule has 1 aromatic rings. The Kier molecular flexibility index (Phi) is 2.74. The number of nitriles is 1. The summed E-state index contributed by atoms with van der Waals surface area (Å²) in [4.78, 5) is 1.43. The van der Waals surface area contributed by atoms with Crippen LogP contribution in [0.4, 0.5) is 5.00 Å². The molecule has 2 nitrogen and oxygen atoms in total. The lowest BCUT2D eigenvalue weighted by Crippen LogP contribution is -2.00. The summed E-state index contributed by atoms with van der Waals surface area (Å²) in [5.74, 6) is 0. The molecule has 2 rings (SSSR count). The first-order valence-electron chi connectivity index (χ1n) is 5.15. The van der Waals surface area contributed by atoms with Crippen LogP contribution in [0.3, 0.4) is 0 Å². The summed E-state index contributed by atoms with van der Waals surface area (Å²) < 4.78 is 0. The molecule has 0 radical (unpaired) electrons. The molecule has 1 aromatic heterocycles. The number of aryl methyl sites for hydroxylation is 1. The van der Waals surface area contributed by atoms with Gasteiger partial charge in [-0.1, -0.05) is 0 Å². The van der Waals surface area contributed by atoms with E-state index in [1.165, 1.54) is 29.7 Å². The lowest BCUT2D eigenvalue weighted by Gasteiger charge is -2.09. The zero-order chi connectivity index (χ0) is 9.97. The van der Waals surface area contributed by atoms with Gasteiger partial charge in [-0.15, -0.1) is 11.3 Å².